The minimum Gasteiger partial charge on any atom is -0.454 e. The normalized spacial score (nSPS) is 32.0. The van der Waals surface area contributed by atoms with Crippen molar-refractivity contribution in [3.05, 3.63) is 35.9 Å². The van der Waals surface area contributed by atoms with Crippen LogP contribution in [0.5, 0.6) is 0 Å². The van der Waals surface area contributed by atoms with Gasteiger partial charge in [-0.05, 0) is 19.5 Å². The van der Waals surface area contributed by atoms with E-state index >= 15 is 0 Å². The molecule has 1 aliphatic rings. The standard InChI is InChI=1S/C16H23NO2/c1-12-11-17(4)13(2)10-16(12,19-14(3)18)15-8-6-5-7-9-15/h5-9,12-13H,10-11H2,1-4H3/t12-,13-,16+/m0/s1. The highest BCUT2D eigenvalue weighted by molar-refractivity contribution is 5.67. The van der Waals surface area contributed by atoms with Gasteiger partial charge in [-0.1, -0.05) is 37.3 Å². The van der Waals surface area contributed by atoms with Crippen LogP contribution in [0.3, 0.4) is 0 Å². The molecule has 0 N–H and O–H groups in total. The number of hydrogen-bond donors (Lipinski definition) is 0. The van der Waals surface area contributed by atoms with Gasteiger partial charge in [-0.15, -0.1) is 0 Å². The van der Waals surface area contributed by atoms with Gasteiger partial charge in [0, 0.05) is 31.8 Å². The summed E-state index contributed by atoms with van der Waals surface area (Å²) < 4.78 is 5.83. The molecule has 0 aliphatic carbocycles. The Bertz CT molecular complexity index is 445. The highest BCUT2D eigenvalue weighted by Gasteiger charge is 2.46. The predicted molar refractivity (Wildman–Crippen MR) is 75.8 cm³/mol. The third-order valence-corrected chi connectivity index (χ3v) is 4.30. The molecule has 1 saturated heterocycles. The number of carbonyl (C=O) groups is 1. The van der Waals surface area contributed by atoms with Crippen LogP contribution < -0.4 is 0 Å². The van der Waals surface area contributed by atoms with Gasteiger partial charge in [-0.2, -0.15) is 0 Å². The molecule has 1 heterocycles. The van der Waals surface area contributed by atoms with Gasteiger partial charge in [0.2, 0.25) is 0 Å². The van der Waals surface area contributed by atoms with Crippen LogP contribution in [0.1, 0.15) is 32.8 Å². The SMILES string of the molecule is CC(=O)O[C@]1(c2ccccc2)C[C@H](C)N(C)C[C@@H]1C. The molecule has 1 aromatic rings. The van der Waals surface area contributed by atoms with Crippen molar-refractivity contribution in [2.45, 2.75) is 38.8 Å². The molecule has 2 rings (SSSR count). The monoisotopic (exact) mass is 261 g/mol. The average molecular weight is 261 g/mol. The van der Waals surface area contributed by atoms with Crippen LogP contribution in [-0.4, -0.2) is 30.5 Å². The van der Waals surface area contributed by atoms with E-state index in [0.717, 1.165) is 18.5 Å². The van der Waals surface area contributed by atoms with E-state index in [2.05, 4.69) is 37.9 Å². The Hall–Kier alpha value is -1.35. The second-order valence-electron chi connectivity index (χ2n) is 5.74. The maximum atomic E-state index is 11.6. The van der Waals surface area contributed by atoms with Crippen LogP contribution >= 0.6 is 0 Å². The lowest BCUT2D eigenvalue weighted by Gasteiger charge is -2.48. The topological polar surface area (TPSA) is 29.5 Å². The van der Waals surface area contributed by atoms with E-state index < -0.39 is 5.60 Å². The van der Waals surface area contributed by atoms with Gasteiger partial charge in [-0.25, -0.2) is 0 Å². The second-order valence-corrected chi connectivity index (χ2v) is 5.74. The van der Waals surface area contributed by atoms with E-state index in [1.807, 2.05) is 18.2 Å². The summed E-state index contributed by atoms with van der Waals surface area (Å²) in [4.78, 5) is 13.9. The molecule has 0 radical (unpaired) electrons. The molecule has 0 saturated carbocycles. The van der Waals surface area contributed by atoms with E-state index in [0.29, 0.717) is 6.04 Å². The number of rotatable bonds is 2. The molecular formula is C16H23NO2. The van der Waals surface area contributed by atoms with Crippen molar-refractivity contribution in [2.75, 3.05) is 13.6 Å². The van der Waals surface area contributed by atoms with Gasteiger partial charge < -0.3 is 9.64 Å². The van der Waals surface area contributed by atoms with Crippen molar-refractivity contribution >= 4 is 5.97 Å². The van der Waals surface area contributed by atoms with Crippen LogP contribution in [0, 0.1) is 5.92 Å². The van der Waals surface area contributed by atoms with Crippen molar-refractivity contribution in [1.82, 2.24) is 4.90 Å². The van der Waals surface area contributed by atoms with Crippen LogP contribution in [0.2, 0.25) is 0 Å². The quantitative estimate of drug-likeness (QED) is 0.767. The first kappa shape index (κ1) is 14.1. The van der Waals surface area contributed by atoms with E-state index in [9.17, 15) is 4.79 Å². The predicted octanol–water partition coefficient (Wildman–Crippen LogP) is 2.81. The van der Waals surface area contributed by atoms with Crippen LogP contribution in [0.15, 0.2) is 30.3 Å². The summed E-state index contributed by atoms with van der Waals surface area (Å²) in [6.45, 7) is 6.79. The number of hydrogen-bond acceptors (Lipinski definition) is 3. The molecule has 3 nitrogen and oxygen atoms in total. The van der Waals surface area contributed by atoms with Gasteiger partial charge in [0.25, 0.3) is 0 Å². The molecule has 0 aromatic heterocycles. The van der Waals surface area contributed by atoms with Crippen LogP contribution in [0.4, 0.5) is 0 Å². The lowest BCUT2D eigenvalue weighted by Crippen LogP contribution is -2.53. The molecule has 0 amide bonds. The van der Waals surface area contributed by atoms with Crippen molar-refractivity contribution < 1.29 is 9.53 Å². The van der Waals surface area contributed by atoms with Gasteiger partial charge in [0.15, 0.2) is 0 Å². The molecule has 3 heteroatoms. The Morgan fingerprint density at radius 3 is 2.53 bits per heavy atom. The summed E-state index contributed by atoms with van der Waals surface area (Å²) in [7, 11) is 2.13. The zero-order valence-electron chi connectivity index (χ0n) is 12.2. The Morgan fingerprint density at radius 2 is 1.95 bits per heavy atom. The summed E-state index contributed by atoms with van der Waals surface area (Å²) in [5, 5.41) is 0. The van der Waals surface area contributed by atoms with Gasteiger partial charge in [0.05, 0.1) is 0 Å². The molecular weight excluding hydrogens is 238 g/mol. The van der Waals surface area contributed by atoms with Crippen LogP contribution in [0.25, 0.3) is 0 Å². The Morgan fingerprint density at radius 1 is 1.32 bits per heavy atom. The first-order chi connectivity index (χ1) is 8.95. The zero-order valence-corrected chi connectivity index (χ0v) is 12.2. The molecule has 0 unspecified atom stereocenters. The molecule has 1 aliphatic heterocycles. The summed E-state index contributed by atoms with van der Waals surface area (Å²) in [6, 6.07) is 10.5. The average Bonchev–Trinajstić information content (AvgIpc) is 2.36. The largest absolute Gasteiger partial charge is 0.454 e. The molecule has 19 heavy (non-hydrogen) atoms. The highest BCUT2D eigenvalue weighted by atomic mass is 16.6. The number of likely N-dealkylation sites (tertiary alicyclic amines) is 1. The van der Waals surface area contributed by atoms with Gasteiger partial charge in [-0.3, -0.25) is 4.79 Å². The first-order valence-electron chi connectivity index (χ1n) is 6.91. The Balaban J connectivity index is 2.43. The van der Waals surface area contributed by atoms with Crippen molar-refractivity contribution in [3.8, 4) is 0 Å². The third kappa shape index (κ3) is 2.66. The lowest BCUT2D eigenvalue weighted by atomic mass is 9.74. The second kappa shape index (κ2) is 5.33. The summed E-state index contributed by atoms with van der Waals surface area (Å²) in [5.41, 5.74) is 0.622. The third-order valence-electron chi connectivity index (χ3n) is 4.30. The lowest BCUT2D eigenvalue weighted by molar-refractivity contribution is -0.175. The number of nitrogens with zero attached hydrogens (tertiary/aromatic N) is 1. The Labute approximate surface area is 115 Å². The van der Waals surface area contributed by atoms with Gasteiger partial charge in [0.1, 0.15) is 5.60 Å². The highest BCUT2D eigenvalue weighted by Crippen LogP contribution is 2.42. The fourth-order valence-electron chi connectivity index (χ4n) is 3.14. The smallest absolute Gasteiger partial charge is 0.303 e. The van der Waals surface area contributed by atoms with Crippen LogP contribution in [-0.2, 0) is 15.1 Å². The van der Waals surface area contributed by atoms with E-state index in [1.165, 1.54) is 6.92 Å². The maximum absolute atomic E-state index is 11.6. The van der Waals surface area contributed by atoms with Crippen molar-refractivity contribution in [1.29, 1.82) is 0 Å². The molecule has 1 fully saturated rings. The molecule has 3 atom stereocenters. The van der Waals surface area contributed by atoms with E-state index in [4.69, 9.17) is 4.74 Å². The fourth-order valence-corrected chi connectivity index (χ4v) is 3.14. The summed E-state index contributed by atoms with van der Waals surface area (Å²) in [5.74, 6) is 0.0763. The number of piperidine rings is 1. The van der Waals surface area contributed by atoms with Crippen molar-refractivity contribution in [2.24, 2.45) is 5.92 Å². The molecule has 0 spiro atoms. The number of ether oxygens (including phenoxy) is 1. The molecule has 1 aromatic carbocycles. The minimum absolute atomic E-state index is 0.201. The minimum atomic E-state index is -0.487. The Kier molecular flexibility index (Phi) is 3.95. The van der Waals surface area contributed by atoms with E-state index in [-0.39, 0.29) is 11.9 Å². The maximum Gasteiger partial charge on any atom is 0.303 e. The first-order valence-corrected chi connectivity index (χ1v) is 6.91. The molecule has 104 valence electrons. The summed E-state index contributed by atoms with van der Waals surface area (Å²) >= 11 is 0. The fraction of sp³-hybridized carbons (Fsp3) is 0.562. The number of carbonyl (C=O) groups excluding carboxylic acids is 1. The zero-order chi connectivity index (χ0) is 14.0. The molecule has 0 bridgehead atoms. The van der Waals surface area contributed by atoms with Gasteiger partial charge >= 0.3 is 5.97 Å². The summed E-state index contributed by atoms with van der Waals surface area (Å²) in [6.07, 6.45) is 0.842. The van der Waals surface area contributed by atoms with E-state index in [1.54, 1.807) is 0 Å². The van der Waals surface area contributed by atoms with Crippen molar-refractivity contribution in [3.63, 3.8) is 0 Å². The number of esters is 1. The number of benzene rings is 1.